The molecule has 1 aromatic heterocycles. The number of aromatic nitrogens is 1. The van der Waals surface area contributed by atoms with Gasteiger partial charge in [0.25, 0.3) is 0 Å². The van der Waals surface area contributed by atoms with E-state index in [-0.39, 0.29) is 49.4 Å². The normalized spacial score (nSPS) is 22.0. The summed E-state index contributed by atoms with van der Waals surface area (Å²) in [6, 6.07) is 21.9. The molecular formula is C27H27N3O3. The standard InChI is InChI=1S/C27H27N3O3/c1-18-5-7-19(8-6-18)20-9-11-21(12-10-20)27-23-15-29(16-26(33)30(23)24(27)17-31)25(32)14-22-4-2-3-13-28-22/h2-13,23-24,27,31H,14-17H2,1H3/t23-,24-,27+/m1/s1. The quantitative estimate of drug-likeness (QED) is 0.661. The predicted molar refractivity (Wildman–Crippen MR) is 125 cm³/mol. The molecule has 6 nitrogen and oxygen atoms in total. The molecule has 2 aliphatic heterocycles. The van der Waals surface area contributed by atoms with Crippen LogP contribution in [0.4, 0.5) is 0 Å². The highest BCUT2D eigenvalue weighted by molar-refractivity contribution is 5.88. The third kappa shape index (κ3) is 4.02. The van der Waals surface area contributed by atoms with E-state index in [4.69, 9.17) is 0 Å². The molecule has 6 heteroatoms. The fourth-order valence-corrected chi connectivity index (χ4v) is 5.10. The van der Waals surface area contributed by atoms with Crippen molar-refractivity contribution in [1.29, 1.82) is 0 Å². The van der Waals surface area contributed by atoms with Crippen LogP contribution in [0, 0.1) is 6.92 Å². The van der Waals surface area contributed by atoms with Crippen molar-refractivity contribution in [3.05, 3.63) is 89.7 Å². The second-order valence-electron chi connectivity index (χ2n) is 8.90. The zero-order chi connectivity index (χ0) is 22.9. The molecule has 2 aromatic carbocycles. The Kier molecular flexibility index (Phi) is 5.68. The van der Waals surface area contributed by atoms with Crippen LogP contribution < -0.4 is 0 Å². The van der Waals surface area contributed by atoms with Gasteiger partial charge in [0.2, 0.25) is 11.8 Å². The van der Waals surface area contributed by atoms with E-state index < -0.39 is 0 Å². The van der Waals surface area contributed by atoms with Crippen LogP contribution in [0.1, 0.15) is 22.7 Å². The van der Waals surface area contributed by atoms with Crippen LogP contribution in [0.5, 0.6) is 0 Å². The minimum Gasteiger partial charge on any atom is -0.394 e. The third-order valence-corrected chi connectivity index (χ3v) is 6.84. The van der Waals surface area contributed by atoms with Crippen LogP contribution in [0.25, 0.3) is 11.1 Å². The first-order chi connectivity index (χ1) is 16.0. The van der Waals surface area contributed by atoms with Gasteiger partial charge in [-0.3, -0.25) is 14.6 Å². The van der Waals surface area contributed by atoms with E-state index >= 15 is 0 Å². The Morgan fingerprint density at radius 1 is 1.03 bits per heavy atom. The van der Waals surface area contributed by atoms with Crippen LogP contribution in [-0.4, -0.2) is 63.5 Å². The minimum atomic E-state index is -0.249. The Hall–Kier alpha value is -3.51. The Balaban J connectivity index is 1.34. The van der Waals surface area contributed by atoms with Gasteiger partial charge in [0.15, 0.2) is 0 Å². The second-order valence-corrected chi connectivity index (χ2v) is 8.90. The molecule has 0 bridgehead atoms. The highest BCUT2D eigenvalue weighted by atomic mass is 16.3. The molecule has 5 rings (SSSR count). The number of aliphatic hydroxyl groups is 1. The van der Waals surface area contributed by atoms with E-state index in [0.717, 1.165) is 16.7 Å². The molecule has 2 saturated heterocycles. The number of rotatable bonds is 5. The second kappa shape index (κ2) is 8.79. The van der Waals surface area contributed by atoms with Crippen molar-refractivity contribution >= 4 is 11.8 Å². The molecule has 1 N–H and O–H groups in total. The number of carbonyl (C=O) groups is 2. The Morgan fingerprint density at radius 3 is 2.36 bits per heavy atom. The van der Waals surface area contributed by atoms with Crippen LogP contribution in [-0.2, 0) is 16.0 Å². The van der Waals surface area contributed by atoms with Crippen molar-refractivity contribution in [1.82, 2.24) is 14.8 Å². The fourth-order valence-electron chi connectivity index (χ4n) is 5.10. The summed E-state index contributed by atoms with van der Waals surface area (Å²) in [4.78, 5) is 33.4. The molecule has 3 atom stereocenters. The van der Waals surface area contributed by atoms with Gasteiger partial charge in [0.1, 0.15) is 0 Å². The topological polar surface area (TPSA) is 73.7 Å². The third-order valence-electron chi connectivity index (χ3n) is 6.84. The zero-order valence-corrected chi connectivity index (χ0v) is 18.6. The molecule has 0 unspecified atom stereocenters. The van der Waals surface area contributed by atoms with E-state index in [1.54, 1.807) is 16.0 Å². The van der Waals surface area contributed by atoms with Gasteiger partial charge in [-0.25, -0.2) is 0 Å². The van der Waals surface area contributed by atoms with Gasteiger partial charge in [-0.05, 0) is 35.7 Å². The monoisotopic (exact) mass is 441 g/mol. The van der Waals surface area contributed by atoms with Crippen LogP contribution in [0.15, 0.2) is 72.9 Å². The Morgan fingerprint density at radius 2 is 1.73 bits per heavy atom. The number of aliphatic hydroxyl groups excluding tert-OH is 1. The SMILES string of the molecule is Cc1ccc(-c2ccc([C@@H]3[C@@H](CO)N4C(=O)CN(C(=O)Cc5ccccn5)C[C@H]34)cc2)cc1. The number of nitrogens with zero attached hydrogens (tertiary/aromatic N) is 3. The highest BCUT2D eigenvalue weighted by Gasteiger charge is 2.54. The van der Waals surface area contributed by atoms with Gasteiger partial charge < -0.3 is 14.9 Å². The summed E-state index contributed by atoms with van der Waals surface area (Å²) < 4.78 is 0. The number of pyridine rings is 1. The van der Waals surface area contributed by atoms with Gasteiger partial charge in [0, 0.05) is 24.4 Å². The zero-order valence-electron chi connectivity index (χ0n) is 18.6. The lowest BCUT2D eigenvalue weighted by molar-refractivity contribution is -0.166. The molecule has 0 radical (unpaired) electrons. The van der Waals surface area contributed by atoms with Crippen LogP contribution >= 0.6 is 0 Å². The summed E-state index contributed by atoms with van der Waals surface area (Å²) in [6.45, 7) is 2.50. The average Bonchev–Trinajstić information content (AvgIpc) is 2.82. The molecule has 3 aromatic rings. The Labute approximate surface area is 193 Å². The molecule has 0 saturated carbocycles. The number of piperazine rings is 1. The number of carbonyl (C=O) groups excluding carboxylic acids is 2. The minimum absolute atomic E-state index is 0.00327. The first kappa shape index (κ1) is 21.3. The average molecular weight is 442 g/mol. The molecule has 33 heavy (non-hydrogen) atoms. The maximum atomic E-state index is 12.9. The van der Waals surface area contributed by atoms with Crippen molar-refractivity contribution in [2.75, 3.05) is 19.7 Å². The molecule has 0 aliphatic carbocycles. The number of amides is 2. The first-order valence-electron chi connectivity index (χ1n) is 11.3. The summed E-state index contributed by atoms with van der Waals surface area (Å²) >= 11 is 0. The van der Waals surface area contributed by atoms with Crippen molar-refractivity contribution in [2.24, 2.45) is 0 Å². The van der Waals surface area contributed by atoms with Gasteiger partial charge in [-0.1, -0.05) is 60.2 Å². The van der Waals surface area contributed by atoms with E-state index in [0.29, 0.717) is 12.2 Å². The van der Waals surface area contributed by atoms with E-state index in [1.807, 2.05) is 18.2 Å². The summed E-state index contributed by atoms with van der Waals surface area (Å²) in [5.74, 6) is -0.203. The van der Waals surface area contributed by atoms with Crippen molar-refractivity contribution in [3.63, 3.8) is 0 Å². The van der Waals surface area contributed by atoms with Crippen molar-refractivity contribution < 1.29 is 14.7 Å². The summed E-state index contributed by atoms with van der Waals surface area (Å²) in [6.07, 6.45) is 1.85. The van der Waals surface area contributed by atoms with Gasteiger partial charge in [0.05, 0.1) is 31.7 Å². The number of fused-ring (bicyclic) bond motifs is 1. The smallest absolute Gasteiger partial charge is 0.242 e. The molecule has 0 spiro atoms. The van der Waals surface area contributed by atoms with E-state index in [1.165, 1.54) is 5.56 Å². The summed E-state index contributed by atoms with van der Waals surface area (Å²) in [5.41, 5.74) is 5.28. The number of benzene rings is 2. The van der Waals surface area contributed by atoms with E-state index in [9.17, 15) is 14.7 Å². The van der Waals surface area contributed by atoms with Crippen LogP contribution in [0.3, 0.4) is 0 Å². The number of aryl methyl sites for hydroxylation is 1. The molecule has 168 valence electrons. The number of hydrogen-bond donors (Lipinski definition) is 1. The number of hydrogen-bond acceptors (Lipinski definition) is 4. The summed E-state index contributed by atoms with van der Waals surface area (Å²) in [7, 11) is 0. The predicted octanol–water partition coefficient (Wildman–Crippen LogP) is 2.80. The van der Waals surface area contributed by atoms with Crippen LogP contribution in [0.2, 0.25) is 0 Å². The first-order valence-corrected chi connectivity index (χ1v) is 11.3. The Bertz CT molecular complexity index is 1150. The van der Waals surface area contributed by atoms with Gasteiger partial charge >= 0.3 is 0 Å². The molecule has 2 fully saturated rings. The lowest BCUT2D eigenvalue weighted by Crippen LogP contribution is -2.73. The molecule has 2 amide bonds. The van der Waals surface area contributed by atoms with Crippen molar-refractivity contribution in [2.45, 2.75) is 31.3 Å². The largest absolute Gasteiger partial charge is 0.394 e. The maximum absolute atomic E-state index is 12.9. The lowest BCUT2D eigenvalue weighted by Gasteiger charge is -2.58. The molecule has 2 aliphatic rings. The van der Waals surface area contributed by atoms with Crippen molar-refractivity contribution in [3.8, 4) is 11.1 Å². The maximum Gasteiger partial charge on any atom is 0.242 e. The summed E-state index contributed by atoms with van der Waals surface area (Å²) in [5, 5.41) is 10.0. The molecule has 3 heterocycles. The van der Waals surface area contributed by atoms with Gasteiger partial charge in [-0.15, -0.1) is 0 Å². The lowest BCUT2D eigenvalue weighted by atomic mass is 9.73. The van der Waals surface area contributed by atoms with E-state index in [2.05, 4.69) is 60.4 Å². The molecular weight excluding hydrogens is 414 g/mol. The highest BCUT2D eigenvalue weighted by Crippen LogP contribution is 2.43. The van der Waals surface area contributed by atoms with Gasteiger partial charge in [-0.2, -0.15) is 0 Å². The fraction of sp³-hybridized carbons (Fsp3) is 0.296.